The second-order valence-electron chi connectivity index (χ2n) is 2.12. The van der Waals surface area contributed by atoms with Crippen molar-refractivity contribution in [2.24, 2.45) is 0 Å². The van der Waals surface area contributed by atoms with Crippen molar-refractivity contribution in [1.82, 2.24) is 0 Å². The van der Waals surface area contributed by atoms with Crippen LogP contribution in [0, 0.1) is 0 Å². The van der Waals surface area contributed by atoms with Gasteiger partial charge in [0, 0.05) is 14.0 Å². The molecule has 0 heterocycles. The average molecular weight is 162 g/mol. The van der Waals surface area contributed by atoms with Crippen molar-refractivity contribution in [2.45, 2.75) is 33.4 Å². The Hall–Kier alpha value is -0.610. The average Bonchev–Trinajstić information content (AvgIpc) is 1.85. The van der Waals surface area contributed by atoms with Crippen LogP contribution >= 0.6 is 0 Å². The molecule has 0 unspecified atom stereocenters. The Kier molecular flexibility index (Phi) is 4.81. The lowest BCUT2D eigenvalue weighted by Gasteiger charge is -2.16. The highest BCUT2D eigenvalue weighted by molar-refractivity contribution is 5.65. The Bertz CT molecular complexity index is 124. The third-order valence-corrected chi connectivity index (χ3v) is 1.05. The van der Waals surface area contributed by atoms with Gasteiger partial charge in [-0.3, -0.25) is 4.79 Å². The van der Waals surface area contributed by atoms with E-state index in [0.29, 0.717) is 0 Å². The van der Waals surface area contributed by atoms with Gasteiger partial charge in [-0.2, -0.15) is 0 Å². The van der Waals surface area contributed by atoms with Crippen molar-refractivity contribution in [3.8, 4) is 0 Å². The topological polar surface area (TPSA) is 44.8 Å². The van der Waals surface area contributed by atoms with Crippen molar-refractivity contribution in [3.05, 3.63) is 0 Å². The zero-order valence-corrected chi connectivity index (χ0v) is 7.29. The first kappa shape index (κ1) is 10.4. The molecule has 4 nitrogen and oxygen atoms in total. The van der Waals surface area contributed by atoms with Crippen LogP contribution in [0.4, 0.5) is 0 Å². The maximum Gasteiger partial charge on any atom is 0.304 e. The molecule has 0 radical (unpaired) electrons. The number of methoxy groups -OCH3 is 1. The largest absolute Gasteiger partial charge is 0.436 e. The van der Waals surface area contributed by atoms with Gasteiger partial charge in [0.05, 0.1) is 0 Å². The minimum absolute atomic E-state index is 0.357. The van der Waals surface area contributed by atoms with Crippen molar-refractivity contribution >= 4 is 5.97 Å². The Morgan fingerprint density at radius 1 is 1.27 bits per heavy atom. The first-order valence-corrected chi connectivity index (χ1v) is 3.41. The molecule has 0 aromatic heterocycles. The van der Waals surface area contributed by atoms with Crippen molar-refractivity contribution in [1.29, 1.82) is 0 Å². The molecule has 0 bridgehead atoms. The predicted molar refractivity (Wildman–Crippen MR) is 38.8 cm³/mol. The van der Waals surface area contributed by atoms with Gasteiger partial charge in [-0.05, 0) is 13.8 Å². The Labute approximate surface area is 66.4 Å². The molecule has 0 aliphatic rings. The van der Waals surface area contributed by atoms with Gasteiger partial charge in [-0.25, -0.2) is 0 Å². The number of esters is 1. The second-order valence-corrected chi connectivity index (χ2v) is 2.12. The number of hydrogen-bond acceptors (Lipinski definition) is 4. The van der Waals surface area contributed by atoms with Gasteiger partial charge < -0.3 is 14.2 Å². The molecule has 0 N–H and O–H groups in total. The molecule has 4 heteroatoms. The summed E-state index contributed by atoms with van der Waals surface area (Å²) in [4.78, 5) is 10.4. The van der Waals surface area contributed by atoms with Gasteiger partial charge >= 0.3 is 5.97 Å². The fraction of sp³-hybridized carbons (Fsp3) is 0.857. The van der Waals surface area contributed by atoms with Gasteiger partial charge in [0.1, 0.15) is 0 Å². The molecule has 0 fully saturated rings. The lowest BCUT2D eigenvalue weighted by molar-refractivity contribution is -0.220. The first-order valence-electron chi connectivity index (χ1n) is 3.41. The van der Waals surface area contributed by atoms with E-state index in [1.807, 2.05) is 0 Å². The van der Waals surface area contributed by atoms with Crippen LogP contribution in [-0.2, 0) is 19.0 Å². The molecule has 0 aliphatic heterocycles. The highest BCUT2D eigenvalue weighted by Gasteiger charge is 2.08. The summed E-state index contributed by atoms with van der Waals surface area (Å²) in [5, 5.41) is 0. The van der Waals surface area contributed by atoms with Gasteiger partial charge in [0.2, 0.25) is 6.29 Å². The first-order chi connectivity index (χ1) is 5.06. The summed E-state index contributed by atoms with van der Waals surface area (Å²) in [6.45, 7) is 4.69. The molecule has 0 saturated heterocycles. The lowest BCUT2D eigenvalue weighted by atomic mass is 10.6. The van der Waals surface area contributed by atoms with Crippen LogP contribution in [0.2, 0.25) is 0 Å². The van der Waals surface area contributed by atoms with Gasteiger partial charge in [0.15, 0.2) is 6.29 Å². The molecule has 0 aromatic carbocycles. The third kappa shape index (κ3) is 5.82. The summed E-state index contributed by atoms with van der Waals surface area (Å²) < 4.78 is 14.5. The standard InChI is InChI=1S/C7H14O4/c1-5(8)10-7(3)11-6(2)9-4/h6-7H,1-4H3/t6-,7-/m1/s1. The molecule has 0 aliphatic carbocycles. The maximum atomic E-state index is 10.4. The molecule has 0 saturated carbocycles. The van der Waals surface area contributed by atoms with E-state index in [1.54, 1.807) is 13.8 Å². The van der Waals surface area contributed by atoms with Crippen molar-refractivity contribution in [3.63, 3.8) is 0 Å². The van der Waals surface area contributed by atoms with Crippen LogP contribution in [0.3, 0.4) is 0 Å². The summed E-state index contributed by atoms with van der Waals surface area (Å²) >= 11 is 0. The molecular formula is C7H14O4. The molecule has 0 aromatic rings. The smallest absolute Gasteiger partial charge is 0.304 e. The molecule has 0 spiro atoms. The normalized spacial score (nSPS) is 15.6. The number of ether oxygens (including phenoxy) is 3. The molecule has 0 amide bonds. The Balaban J connectivity index is 3.51. The highest BCUT2D eigenvalue weighted by Crippen LogP contribution is 1.99. The van der Waals surface area contributed by atoms with Crippen LogP contribution in [0.5, 0.6) is 0 Å². The molecule has 0 rings (SSSR count). The number of hydrogen-bond donors (Lipinski definition) is 0. The predicted octanol–water partition coefficient (Wildman–Crippen LogP) is 0.904. The van der Waals surface area contributed by atoms with Crippen LogP contribution in [0.25, 0.3) is 0 Å². The van der Waals surface area contributed by atoms with Gasteiger partial charge in [-0.15, -0.1) is 0 Å². The summed E-state index contributed by atoms with van der Waals surface area (Å²) in [7, 11) is 1.52. The zero-order chi connectivity index (χ0) is 8.85. The number of rotatable bonds is 4. The summed E-state index contributed by atoms with van der Waals surface area (Å²) in [5.74, 6) is -0.360. The quantitative estimate of drug-likeness (QED) is 0.455. The Morgan fingerprint density at radius 3 is 2.18 bits per heavy atom. The number of carbonyl (C=O) groups excluding carboxylic acids is 1. The van der Waals surface area contributed by atoms with E-state index in [2.05, 4.69) is 4.74 Å². The van der Waals surface area contributed by atoms with E-state index >= 15 is 0 Å². The van der Waals surface area contributed by atoms with E-state index in [9.17, 15) is 4.79 Å². The minimum atomic E-state index is -0.553. The fourth-order valence-corrected chi connectivity index (χ4v) is 0.587. The molecule has 11 heavy (non-hydrogen) atoms. The van der Waals surface area contributed by atoms with E-state index < -0.39 is 6.29 Å². The van der Waals surface area contributed by atoms with Crippen molar-refractivity contribution < 1.29 is 19.0 Å². The van der Waals surface area contributed by atoms with E-state index in [0.717, 1.165) is 0 Å². The third-order valence-electron chi connectivity index (χ3n) is 1.05. The van der Waals surface area contributed by atoms with E-state index in [-0.39, 0.29) is 12.3 Å². The monoisotopic (exact) mass is 162 g/mol. The second kappa shape index (κ2) is 5.09. The Morgan fingerprint density at radius 2 is 1.82 bits per heavy atom. The molecule has 66 valence electrons. The SMILES string of the molecule is CO[C@@H](C)O[C@H](C)OC(C)=O. The van der Waals surface area contributed by atoms with E-state index in [1.165, 1.54) is 14.0 Å². The molecular weight excluding hydrogens is 148 g/mol. The lowest BCUT2D eigenvalue weighted by Crippen LogP contribution is -2.22. The van der Waals surface area contributed by atoms with Crippen LogP contribution in [0.15, 0.2) is 0 Å². The summed E-state index contributed by atoms with van der Waals surface area (Å²) in [5.41, 5.74) is 0. The van der Waals surface area contributed by atoms with Crippen LogP contribution < -0.4 is 0 Å². The van der Waals surface area contributed by atoms with Crippen LogP contribution in [0.1, 0.15) is 20.8 Å². The maximum absolute atomic E-state index is 10.4. The van der Waals surface area contributed by atoms with Gasteiger partial charge in [-0.1, -0.05) is 0 Å². The highest BCUT2D eigenvalue weighted by atomic mass is 16.8. The summed E-state index contributed by atoms with van der Waals surface area (Å²) in [6, 6.07) is 0. The van der Waals surface area contributed by atoms with Crippen molar-refractivity contribution in [2.75, 3.05) is 7.11 Å². The van der Waals surface area contributed by atoms with Gasteiger partial charge in [0.25, 0.3) is 0 Å². The van der Waals surface area contributed by atoms with Crippen LogP contribution in [-0.4, -0.2) is 25.7 Å². The molecule has 2 atom stereocenters. The zero-order valence-electron chi connectivity index (χ0n) is 7.29. The minimum Gasteiger partial charge on any atom is -0.436 e. The fourth-order valence-electron chi connectivity index (χ4n) is 0.587. The number of carbonyl (C=O) groups is 1. The summed E-state index contributed by atoms with van der Waals surface area (Å²) in [6.07, 6.45) is -0.910. The van der Waals surface area contributed by atoms with E-state index in [4.69, 9.17) is 9.47 Å².